The number of benzene rings is 2. The van der Waals surface area contributed by atoms with Crippen LogP contribution in [0, 0.1) is 6.92 Å². The van der Waals surface area contributed by atoms with E-state index in [4.69, 9.17) is 16.3 Å². The van der Waals surface area contributed by atoms with Crippen LogP contribution < -0.4 is 10.1 Å². The lowest BCUT2D eigenvalue weighted by molar-refractivity contribution is -0.119. The summed E-state index contributed by atoms with van der Waals surface area (Å²) in [5, 5.41) is 3.42. The predicted octanol–water partition coefficient (Wildman–Crippen LogP) is 4.25. The quantitative estimate of drug-likeness (QED) is 0.892. The second-order valence-corrected chi connectivity index (χ2v) is 6.39. The summed E-state index contributed by atoms with van der Waals surface area (Å²) in [5.41, 5.74) is 1.55. The van der Waals surface area contributed by atoms with Crippen molar-refractivity contribution in [2.24, 2.45) is 0 Å². The van der Waals surface area contributed by atoms with E-state index >= 15 is 0 Å². The van der Waals surface area contributed by atoms with Crippen LogP contribution in [0.15, 0.2) is 48.5 Å². The molecule has 2 amide bonds. The smallest absolute Gasteiger partial charge is 0.410 e. The third-order valence-corrected chi connectivity index (χ3v) is 4.58. The monoisotopic (exact) mass is 358 g/mol. The molecule has 25 heavy (non-hydrogen) atoms. The first-order valence-electron chi connectivity index (χ1n) is 8.15. The van der Waals surface area contributed by atoms with E-state index in [2.05, 4.69) is 5.32 Å². The lowest BCUT2D eigenvalue weighted by atomic mass is 10.2. The molecular weight excluding hydrogens is 340 g/mol. The van der Waals surface area contributed by atoms with Gasteiger partial charge in [-0.15, -0.1) is 0 Å². The van der Waals surface area contributed by atoms with Gasteiger partial charge in [0.15, 0.2) is 0 Å². The number of likely N-dealkylation sites (tertiary alicyclic amines) is 1. The molecule has 1 atom stereocenters. The zero-order valence-corrected chi connectivity index (χ0v) is 14.6. The molecule has 1 heterocycles. The van der Waals surface area contributed by atoms with E-state index < -0.39 is 12.1 Å². The standard InChI is InChI=1S/C19H19ClN2O3/c1-13-9-10-14(12-16(13)20)21-18(23)17-8-5-11-22(17)19(24)25-15-6-3-2-4-7-15/h2-4,6-7,9-10,12,17H,5,8,11H2,1H3,(H,21,23)/t17-/m1/s1. The molecule has 1 aliphatic rings. The van der Waals surface area contributed by atoms with Crippen LogP contribution in [-0.4, -0.2) is 29.5 Å². The molecule has 2 aromatic rings. The average Bonchev–Trinajstić information content (AvgIpc) is 3.09. The van der Waals surface area contributed by atoms with Gasteiger partial charge in [0.2, 0.25) is 5.91 Å². The van der Waals surface area contributed by atoms with Gasteiger partial charge in [0.1, 0.15) is 11.8 Å². The summed E-state index contributed by atoms with van der Waals surface area (Å²) >= 11 is 6.09. The van der Waals surface area contributed by atoms with Crippen molar-refractivity contribution in [1.29, 1.82) is 0 Å². The SMILES string of the molecule is Cc1ccc(NC(=O)[C@H]2CCCN2C(=O)Oc2ccccc2)cc1Cl. The number of nitrogens with zero attached hydrogens (tertiary/aromatic N) is 1. The first-order chi connectivity index (χ1) is 12.0. The van der Waals surface area contributed by atoms with Crippen molar-refractivity contribution in [3.8, 4) is 5.75 Å². The maximum Gasteiger partial charge on any atom is 0.415 e. The van der Waals surface area contributed by atoms with E-state index in [-0.39, 0.29) is 5.91 Å². The number of aryl methyl sites for hydroxylation is 1. The van der Waals surface area contributed by atoms with Crippen molar-refractivity contribution >= 4 is 29.3 Å². The summed E-state index contributed by atoms with van der Waals surface area (Å²) in [6.45, 7) is 2.39. The number of halogens is 1. The van der Waals surface area contributed by atoms with Crippen LogP contribution >= 0.6 is 11.6 Å². The van der Waals surface area contributed by atoms with E-state index in [9.17, 15) is 9.59 Å². The Labute approximate surface area is 151 Å². The molecule has 0 aromatic heterocycles. The van der Waals surface area contributed by atoms with Crippen LogP contribution in [0.1, 0.15) is 18.4 Å². The van der Waals surface area contributed by atoms with E-state index in [1.807, 2.05) is 19.1 Å². The summed E-state index contributed by atoms with van der Waals surface area (Å²) in [6, 6.07) is 13.6. The van der Waals surface area contributed by atoms with Gasteiger partial charge < -0.3 is 10.1 Å². The van der Waals surface area contributed by atoms with Gasteiger partial charge in [0, 0.05) is 17.3 Å². The maximum absolute atomic E-state index is 12.6. The second kappa shape index (κ2) is 7.57. The Kier molecular flexibility index (Phi) is 5.24. The molecule has 5 nitrogen and oxygen atoms in total. The van der Waals surface area contributed by atoms with Gasteiger partial charge in [-0.05, 0) is 49.6 Å². The van der Waals surface area contributed by atoms with Gasteiger partial charge in [-0.2, -0.15) is 0 Å². The molecule has 1 fully saturated rings. The topological polar surface area (TPSA) is 58.6 Å². The molecule has 0 bridgehead atoms. The lowest BCUT2D eigenvalue weighted by Crippen LogP contribution is -2.44. The van der Waals surface area contributed by atoms with E-state index in [0.29, 0.717) is 29.4 Å². The van der Waals surface area contributed by atoms with E-state index in [1.165, 1.54) is 4.90 Å². The van der Waals surface area contributed by atoms with Crippen molar-refractivity contribution in [3.05, 3.63) is 59.1 Å². The Morgan fingerprint density at radius 2 is 1.96 bits per heavy atom. The zero-order chi connectivity index (χ0) is 17.8. The van der Waals surface area contributed by atoms with Crippen molar-refractivity contribution in [2.45, 2.75) is 25.8 Å². The summed E-state index contributed by atoms with van der Waals surface area (Å²) in [4.78, 5) is 26.4. The minimum Gasteiger partial charge on any atom is -0.410 e. The number of ether oxygens (including phenoxy) is 1. The number of anilines is 1. The Balaban J connectivity index is 1.66. The fourth-order valence-electron chi connectivity index (χ4n) is 2.80. The van der Waals surface area contributed by atoms with Crippen LogP contribution in [0.2, 0.25) is 5.02 Å². The minimum atomic E-state index is -0.545. The van der Waals surface area contributed by atoms with Crippen LogP contribution in [0.25, 0.3) is 0 Å². The summed E-state index contributed by atoms with van der Waals surface area (Å²) < 4.78 is 5.35. The van der Waals surface area contributed by atoms with Gasteiger partial charge >= 0.3 is 6.09 Å². The summed E-state index contributed by atoms with van der Waals surface area (Å²) in [7, 11) is 0. The van der Waals surface area contributed by atoms with Crippen LogP contribution in [0.4, 0.5) is 10.5 Å². The van der Waals surface area contributed by atoms with Crippen LogP contribution in [0.3, 0.4) is 0 Å². The highest BCUT2D eigenvalue weighted by Crippen LogP contribution is 2.23. The van der Waals surface area contributed by atoms with Crippen LogP contribution in [-0.2, 0) is 4.79 Å². The number of amides is 2. The molecule has 1 aliphatic heterocycles. The third-order valence-electron chi connectivity index (χ3n) is 4.18. The Bertz CT molecular complexity index is 779. The molecule has 6 heteroatoms. The lowest BCUT2D eigenvalue weighted by Gasteiger charge is -2.23. The molecule has 0 spiro atoms. The van der Waals surface area contributed by atoms with Crippen molar-refractivity contribution < 1.29 is 14.3 Å². The van der Waals surface area contributed by atoms with Crippen molar-refractivity contribution in [2.75, 3.05) is 11.9 Å². The fourth-order valence-corrected chi connectivity index (χ4v) is 2.98. The number of rotatable bonds is 3. The van der Waals surface area contributed by atoms with Gasteiger partial charge in [0.05, 0.1) is 0 Å². The fraction of sp³-hybridized carbons (Fsp3) is 0.263. The molecule has 0 radical (unpaired) electrons. The van der Waals surface area contributed by atoms with E-state index in [0.717, 1.165) is 12.0 Å². The van der Waals surface area contributed by atoms with Gasteiger partial charge in [0.25, 0.3) is 0 Å². The van der Waals surface area contributed by atoms with Crippen molar-refractivity contribution in [3.63, 3.8) is 0 Å². The molecule has 130 valence electrons. The number of nitrogens with one attached hydrogen (secondary N) is 1. The predicted molar refractivity (Wildman–Crippen MR) is 97.0 cm³/mol. The number of hydrogen-bond donors (Lipinski definition) is 1. The van der Waals surface area contributed by atoms with Gasteiger partial charge in [-0.25, -0.2) is 4.79 Å². The normalized spacial score (nSPS) is 16.6. The second-order valence-electron chi connectivity index (χ2n) is 5.99. The minimum absolute atomic E-state index is 0.234. The Hall–Kier alpha value is -2.53. The molecule has 1 N–H and O–H groups in total. The molecule has 2 aromatic carbocycles. The molecule has 1 saturated heterocycles. The Morgan fingerprint density at radius 3 is 2.68 bits per heavy atom. The Morgan fingerprint density at radius 1 is 1.20 bits per heavy atom. The third kappa shape index (κ3) is 4.12. The number of hydrogen-bond acceptors (Lipinski definition) is 3. The highest BCUT2D eigenvalue weighted by molar-refractivity contribution is 6.31. The summed E-state index contributed by atoms with van der Waals surface area (Å²) in [6.07, 6.45) is 0.858. The first kappa shape index (κ1) is 17.3. The highest BCUT2D eigenvalue weighted by atomic mass is 35.5. The average molecular weight is 359 g/mol. The number of para-hydroxylation sites is 1. The zero-order valence-electron chi connectivity index (χ0n) is 13.9. The number of carbonyl (C=O) groups excluding carboxylic acids is 2. The van der Waals surface area contributed by atoms with Crippen molar-refractivity contribution in [1.82, 2.24) is 4.90 Å². The number of carbonyl (C=O) groups is 2. The molecule has 0 saturated carbocycles. The largest absolute Gasteiger partial charge is 0.415 e. The highest BCUT2D eigenvalue weighted by Gasteiger charge is 2.35. The molecule has 3 rings (SSSR count). The first-order valence-corrected chi connectivity index (χ1v) is 8.53. The molecule has 0 unspecified atom stereocenters. The molecular formula is C19H19ClN2O3. The summed E-state index contributed by atoms with van der Waals surface area (Å²) in [5.74, 6) is 0.228. The molecule has 0 aliphatic carbocycles. The van der Waals surface area contributed by atoms with Gasteiger partial charge in [-0.1, -0.05) is 35.9 Å². The maximum atomic E-state index is 12.6. The van der Waals surface area contributed by atoms with Gasteiger partial charge in [-0.3, -0.25) is 9.69 Å². The van der Waals surface area contributed by atoms with E-state index in [1.54, 1.807) is 36.4 Å². The van der Waals surface area contributed by atoms with Crippen LogP contribution in [0.5, 0.6) is 5.75 Å².